The number of rotatable bonds is 9. The van der Waals surface area contributed by atoms with Crippen molar-refractivity contribution in [1.82, 2.24) is 4.72 Å². The second kappa shape index (κ2) is 9.22. The molecule has 0 radical (unpaired) electrons. The highest BCUT2D eigenvalue weighted by atomic mass is 35.5. The van der Waals surface area contributed by atoms with E-state index in [4.69, 9.17) is 22.1 Å². The van der Waals surface area contributed by atoms with Crippen molar-refractivity contribution in [2.24, 2.45) is 5.73 Å². The largest absolute Gasteiger partial charge is 0.467 e. The maximum absolute atomic E-state index is 13.6. The Hall–Kier alpha value is -1.81. The molecule has 2 aromatic carbocycles. The number of amides is 1. The minimum Gasteiger partial charge on any atom is -0.467 e. The van der Waals surface area contributed by atoms with Gasteiger partial charge in [-0.1, -0.05) is 23.7 Å². The maximum Gasteiger partial charge on any atom is 0.269 e. The van der Waals surface area contributed by atoms with E-state index in [1.807, 2.05) is 0 Å². The summed E-state index contributed by atoms with van der Waals surface area (Å²) in [5, 5.41) is 0.425. The van der Waals surface area contributed by atoms with E-state index >= 15 is 0 Å². The number of hydrogen-bond donors (Lipinski definition) is 2. The second-order valence-corrected chi connectivity index (χ2v) is 8.38. The van der Waals surface area contributed by atoms with Crippen LogP contribution in [0.2, 0.25) is 5.02 Å². The highest BCUT2D eigenvalue weighted by Crippen LogP contribution is 2.21. The smallest absolute Gasteiger partial charge is 0.269 e. The molecule has 0 aliphatic carbocycles. The lowest BCUT2D eigenvalue weighted by atomic mass is 10.3. The van der Waals surface area contributed by atoms with Crippen LogP contribution in [0, 0.1) is 5.82 Å². The number of benzene rings is 2. The first-order chi connectivity index (χ1) is 12.3. The van der Waals surface area contributed by atoms with Gasteiger partial charge in [0.15, 0.2) is 11.6 Å². The third-order valence-electron chi connectivity index (χ3n) is 3.09. The van der Waals surface area contributed by atoms with Gasteiger partial charge in [0, 0.05) is 17.3 Å². The summed E-state index contributed by atoms with van der Waals surface area (Å²) in [6.07, 6.45) is 0. The molecule has 1 unspecified atom stereocenters. The Labute approximate surface area is 159 Å². The summed E-state index contributed by atoms with van der Waals surface area (Å²) in [6.45, 7) is 0.0278. The van der Waals surface area contributed by atoms with Gasteiger partial charge in [0.05, 0.1) is 4.90 Å². The Morgan fingerprint density at radius 1 is 1.23 bits per heavy atom. The van der Waals surface area contributed by atoms with Gasteiger partial charge in [0.2, 0.25) is 15.5 Å². The van der Waals surface area contributed by atoms with Crippen molar-refractivity contribution in [3.63, 3.8) is 0 Å². The second-order valence-electron chi connectivity index (χ2n) is 5.01. The zero-order valence-corrected chi connectivity index (χ0v) is 15.8. The number of carbonyl (C=O) groups excluding carboxylic acids is 1. The van der Waals surface area contributed by atoms with E-state index in [0.29, 0.717) is 5.02 Å². The quantitative estimate of drug-likeness (QED) is 0.481. The van der Waals surface area contributed by atoms with Gasteiger partial charge >= 0.3 is 0 Å². The summed E-state index contributed by atoms with van der Waals surface area (Å²) < 4.78 is 45.5. The van der Waals surface area contributed by atoms with Crippen LogP contribution >= 0.6 is 23.4 Å². The molecule has 2 rings (SSSR count). The lowest BCUT2D eigenvalue weighted by molar-refractivity contribution is -0.121. The summed E-state index contributed by atoms with van der Waals surface area (Å²) in [5.41, 5.74) is 4.10. The molecule has 3 N–H and O–H groups in total. The summed E-state index contributed by atoms with van der Waals surface area (Å²) in [5.74, 6) is -1.33. The van der Waals surface area contributed by atoms with E-state index in [0.717, 1.165) is 11.8 Å². The fourth-order valence-corrected chi connectivity index (χ4v) is 3.93. The Morgan fingerprint density at radius 2 is 1.88 bits per heavy atom. The Balaban J connectivity index is 1.89. The number of thioether (sulfide) groups is 1. The molecule has 10 heteroatoms. The fourth-order valence-electron chi connectivity index (χ4n) is 1.87. The van der Waals surface area contributed by atoms with Gasteiger partial charge in [-0.05, 0) is 36.4 Å². The maximum atomic E-state index is 13.6. The van der Waals surface area contributed by atoms with Gasteiger partial charge in [0.25, 0.3) is 5.91 Å². The Morgan fingerprint density at radius 3 is 2.50 bits per heavy atom. The number of hydrogen-bond acceptors (Lipinski definition) is 5. The van der Waals surface area contributed by atoms with Crippen LogP contribution in [-0.2, 0) is 14.8 Å². The molecule has 0 bridgehead atoms. The number of primary amides is 1. The van der Waals surface area contributed by atoms with Crippen molar-refractivity contribution in [3.05, 3.63) is 59.4 Å². The zero-order valence-electron chi connectivity index (χ0n) is 13.4. The van der Waals surface area contributed by atoms with Crippen molar-refractivity contribution in [1.29, 1.82) is 0 Å². The molecular weight excluding hydrogens is 403 g/mol. The van der Waals surface area contributed by atoms with Crippen molar-refractivity contribution >= 4 is 39.3 Å². The number of para-hydroxylation sites is 1. The molecule has 6 nitrogen and oxygen atoms in total. The van der Waals surface area contributed by atoms with Crippen molar-refractivity contribution in [2.45, 2.75) is 10.3 Å². The SMILES string of the molecule is NC(=O)C(Oc1ccccc1F)SCCNS(=O)(=O)c1ccc(Cl)cc1. The van der Waals surface area contributed by atoms with Crippen molar-refractivity contribution < 1.29 is 22.3 Å². The molecule has 1 amide bonds. The molecule has 1 atom stereocenters. The fraction of sp³-hybridized carbons (Fsp3) is 0.188. The highest BCUT2D eigenvalue weighted by molar-refractivity contribution is 8.00. The van der Waals surface area contributed by atoms with Crippen LogP contribution in [0.25, 0.3) is 0 Å². The first-order valence-electron chi connectivity index (χ1n) is 7.37. The number of sulfonamides is 1. The number of nitrogens with two attached hydrogens (primary N) is 1. The molecule has 0 saturated heterocycles. The minimum absolute atomic E-state index is 0.0278. The van der Waals surface area contributed by atoms with E-state index in [1.165, 1.54) is 42.5 Å². The van der Waals surface area contributed by atoms with Crippen LogP contribution in [0.3, 0.4) is 0 Å². The molecule has 0 spiro atoms. The van der Waals surface area contributed by atoms with Crippen LogP contribution in [0.5, 0.6) is 5.75 Å². The molecule has 0 aliphatic rings. The molecular formula is C16H16ClFN2O4S2. The predicted molar refractivity (Wildman–Crippen MR) is 99.1 cm³/mol. The average Bonchev–Trinajstić information content (AvgIpc) is 2.59. The van der Waals surface area contributed by atoms with Crippen LogP contribution in [0.4, 0.5) is 4.39 Å². The summed E-state index contributed by atoms with van der Waals surface area (Å²) >= 11 is 6.69. The van der Waals surface area contributed by atoms with Crippen LogP contribution in [0.1, 0.15) is 0 Å². The van der Waals surface area contributed by atoms with Gasteiger partial charge in [0.1, 0.15) is 0 Å². The number of ether oxygens (including phenoxy) is 1. The van der Waals surface area contributed by atoms with Gasteiger partial charge in [-0.25, -0.2) is 17.5 Å². The third-order valence-corrected chi connectivity index (χ3v) is 5.89. The lowest BCUT2D eigenvalue weighted by Gasteiger charge is -2.16. The van der Waals surface area contributed by atoms with E-state index in [9.17, 15) is 17.6 Å². The Kier molecular flexibility index (Phi) is 7.27. The van der Waals surface area contributed by atoms with E-state index in [-0.39, 0.29) is 22.9 Å². The van der Waals surface area contributed by atoms with E-state index < -0.39 is 27.2 Å². The van der Waals surface area contributed by atoms with E-state index in [1.54, 1.807) is 6.07 Å². The molecule has 0 heterocycles. The van der Waals surface area contributed by atoms with E-state index in [2.05, 4.69) is 4.72 Å². The van der Waals surface area contributed by atoms with Crippen LogP contribution in [0.15, 0.2) is 53.4 Å². The topological polar surface area (TPSA) is 98.5 Å². The van der Waals surface area contributed by atoms with Crippen LogP contribution < -0.4 is 15.2 Å². The standard InChI is InChI=1S/C16H16ClFN2O4S2/c17-11-5-7-12(8-6-11)26(22,23)20-9-10-25-16(15(19)21)24-14-4-2-1-3-13(14)18/h1-8,16,20H,9-10H2,(H2,19,21). The van der Waals surface area contributed by atoms with Crippen LogP contribution in [-0.4, -0.2) is 32.1 Å². The third kappa shape index (κ3) is 5.87. The molecule has 0 fully saturated rings. The predicted octanol–water partition coefficient (Wildman–Crippen LogP) is 2.38. The molecule has 2 aromatic rings. The molecule has 140 valence electrons. The zero-order chi connectivity index (χ0) is 19.2. The number of nitrogens with one attached hydrogen (secondary N) is 1. The Bertz CT molecular complexity index is 863. The highest BCUT2D eigenvalue weighted by Gasteiger charge is 2.20. The monoisotopic (exact) mass is 418 g/mol. The number of halogens is 2. The normalized spacial score (nSPS) is 12.5. The lowest BCUT2D eigenvalue weighted by Crippen LogP contribution is -2.33. The first-order valence-corrected chi connectivity index (χ1v) is 10.3. The van der Waals surface area contributed by atoms with Gasteiger partial charge in [-0.2, -0.15) is 0 Å². The first kappa shape index (κ1) is 20.5. The summed E-state index contributed by atoms with van der Waals surface area (Å²) in [7, 11) is -3.70. The van der Waals surface area contributed by atoms with Gasteiger partial charge in [-0.15, -0.1) is 11.8 Å². The molecule has 26 heavy (non-hydrogen) atoms. The molecule has 0 aliphatic heterocycles. The average molecular weight is 419 g/mol. The number of carbonyl (C=O) groups is 1. The van der Waals surface area contributed by atoms with Crippen molar-refractivity contribution in [3.8, 4) is 5.75 Å². The van der Waals surface area contributed by atoms with Crippen molar-refractivity contribution in [2.75, 3.05) is 12.3 Å². The summed E-state index contributed by atoms with van der Waals surface area (Å²) in [4.78, 5) is 11.5. The van der Waals surface area contributed by atoms with Gasteiger partial charge < -0.3 is 10.5 Å². The summed E-state index contributed by atoms with van der Waals surface area (Å²) in [6, 6.07) is 11.3. The molecule has 0 saturated carbocycles. The minimum atomic E-state index is -3.70. The van der Waals surface area contributed by atoms with Gasteiger partial charge in [-0.3, -0.25) is 4.79 Å². The molecule has 0 aromatic heterocycles.